The Balaban J connectivity index is 3.38. The van der Waals surface area contributed by atoms with Crippen LogP contribution < -0.4 is 0 Å². The fourth-order valence-electron chi connectivity index (χ4n) is 1.07. The summed E-state index contributed by atoms with van der Waals surface area (Å²) in [6, 6.07) is 0. The molecule has 0 bridgehead atoms. The fourth-order valence-corrected chi connectivity index (χ4v) is 2.47. The van der Waals surface area contributed by atoms with E-state index in [9.17, 15) is 0 Å². The van der Waals surface area contributed by atoms with E-state index in [-0.39, 0.29) is 0 Å². The van der Waals surface area contributed by atoms with Gasteiger partial charge in [-0.1, -0.05) is 26.2 Å². The SMILES string of the molecule is CCCCCC/C(=C/SC)SC. The monoisotopic (exact) mass is 204 g/mol. The largest absolute Gasteiger partial charge is 0.137 e. The molecule has 0 aromatic rings. The average molecular weight is 204 g/mol. The van der Waals surface area contributed by atoms with Crippen LogP contribution in [0.5, 0.6) is 0 Å². The van der Waals surface area contributed by atoms with Crippen LogP contribution in [-0.4, -0.2) is 12.5 Å². The lowest BCUT2D eigenvalue weighted by atomic mass is 10.1. The number of rotatable bonds is 7. The average Bonchev–Trinajstić information content (AvgIpc) is 2.10. The molecule has 0 nitrogen and oxygen atoms in total. The van der Waals surface area contributed by atoms with Gasteiger partial charge < -0.3 is 0 Å². The molecule has 0 saturated heterocycles. The molecule has 0 amide bonds. The van der Waals surface area contributed by atoms with Crippen molar-refractivity contribution in [2.45, 2.75) is 39.0 Å². The van der Waals surface area contributed by atoms with Gasteiger partial charge >= 0.3 is 0 Å². The minimum atomic E-state index is 1.28. The van der Waals surface area contributed by atoms with Gasteiger partial charge in [-0.3, -0.25) is 0 Å². The first-order chi connectivity index (χ1) is 5.85. The highest BCUT2D eigenvalue weighted by molar-refractivity contribution is 8.05. The molecular formula is C10H20S2. The second-order valence-electron chi connectivity index (χ2n) is 2.83. The minimum Gasteiger partial charge on any atom is -0.137 e. The molecule has 0 aliphatic heterocycles. The highest BCUT2D eigenvalue weighted by Crippen LogP contribution is 2.22. The molecule has 0 aromatic carbocycles. The zero-order chi connectivity index (χ0) is 9.23. The van der Waals surface area contributed by atoms with Gasteiger partial charge in [-0.15, -0.1) is 23.5 Å². The van der Waals surface area contributed by atoms with Crippen LogP contribution >= 0.6 is 23.5 Å². The molecule has 0 spiro atoms. The van der Waals surface area contributed by atoms with E-state index in [0.717, 1.165) is 0 Å². The quantitative estimate of drug-likeness (QED) is 0.559. The summed E-state index contributed by atoms with van der Waals surface area (Å²) in [6.45, 7) is 2.26. The number of hydrogen-bond donors (Lipinski definition) is 0. The maximum absolute atomic E-state index is 2.27. The predicted octanol–water partition coefficient (Wildman–Crippen LogP) is 4.52. The van der Waals surface area contributed by atoms with Crippen molar-refractivity contribution in [2.24, 2.45) is 0 Å². The summed E-state index contributed by atoms with van der Waals surface area (Å²) in [5, 5.41) is 2.27. The molecule has 0 aliphatic carbocycles. The van der Waals surface area contributed by atoms with Gasteiger partial charge in [0.05, 0.1) is 0 Å². The Bertz CT molecular complexity index is 119. The van der Waals surface area contributed by atoms with Crippen LogP contribution in [0.4, 0.5) is 0 Å². The summed E-state index contributed by atoms with van der Waals surface area (Å²) in [4.78, 5) is 1.54. The van der Waals surface area contributed by atoms with Crippen molar-refractivity contribution in [3.8, 4) is 0 Å². The minimum absolute atomic E-state index is 1.28. The molecule has 0 N–H and O–H groups in total. The molecule has 2 heteroatoms. The Hall–Kier alpha value is 0.440. The van der Waals surface area contributed by atoms with Gasteiger partial charge in [0.1, 0.15) is 0 Å². The van der Waals surface area contributed by atoms with E-state index in [1.165, 1.54) is 32.1 Å². The van der Waals surface area contributed by atoms with Crippen LogP contribution in [0.25, 0.3) is 0 Å². The first-order valence-corrected chi connectivity index (χ1v) is 7.12. The smallest absolute Gasteiger partial charge is 0.00922 e. The van der Waals surface area contributed by atoms with Crippen LogP contribution in [0.15, 0.2) is 10.3 Å². The lowest BCUT2D eigenvalue weighted by Gasteiger charge is -2.02. The Morgan fingerprint density at radius 1 is 1.17 bits per heavy atom. The zero-order valence-corrected chi connectivity index (χ0v) is 10.1. The molecule has 0 rings (SSSR count). The van der Waals surface area contributed by atoms with Crippen molar-refractivity contribution in [1.82, 2.24) is 0 Å². The van der Waals surface area contributed by atoms with Crippen LogP contribution in [0, 0.1) is 0 Å². The van der Waals surface area contributed by atoms with Crippen molar-refractivity contribution < 1.29 is 0 Å². The highest BCUT2D eigenvalue weighted by atomic mass is 32.2. The number of unbranched alkanes of at least 4 members (excludes halogenated alkanes) is 3. The van der Waals surface area contributed by atoms with Crippen molar-refractivity contribution in [3.63, 3.8) is 0 Å². The Kier molecular flexibility index (Phi) is 9.88. The predicted molar refractivity (Wildman–Crippen MR) is 63.9 cm³/mol. The van der Waals surface area contributed by atoms with E-state index in [1.54, 1.807) is 4.91 Å². The molecule has 0 aromatic heterocycles. The number of allylic oxidation sites excluding steroid dienone is 1. The van der Waals surface area contributed by atoms with Crippen LogP contribution in [0.1, 0.15) is 39.0 Å². The summed E-state index contributed by atoms with van der Waals surface area (Å²) in [7, 11) is 0. The maximum atomic E-state index is 2.27. The molecule has 72 valence electrons. The molecule has 0 unspecified atom stereocenters. The van der Waals surface area contributed by atoms with Crippen LogP contribution in [0.2, 0.25) is 0 Å². The second-order valence-corrected chi connectivity index (χ2v) is 4.47. The van der Waals surface area contributed by atoms with Gasteiger partial charge in [0, 0.05) is 0 Å². The van der Waals surface area contributed by atoms with Crippen molar-refractivity contribution in [3.05, 3.63) is 10.3 Å². The fraction of sp³-hybridized carbons (Fsp3) is 0.800. The molecule has 12 heavy (non-hydrogen) atoms. The summed E-state index contributed by atoms with van der Waals surface area (Å²) in [6.07, 6.45) is 11.1. The van der Waals surface area contributed by atoms with Gasteiger partial charge in [0.2, 0.25) is 0 Å². The summed E-state index contributed by atoms with van der Waals surface area (Å²) < 4.78 is 0. The Morgan fingerprint density at radius 3 is 2.42 bits per heavy atom. The third-order valence-electron chi connectivity index (χ3n) is 1.79. The highest BCUT2D eigenvalue weighted by Gasteiger charge is 1.94. The van der Waals surface area contributed by atoms with E-state index < -0.39 is 0 Å². The molecular weight excluding hydrogens is 184 g/mol. The van der Waals surface area contributed by atoms with Gasteiger partial charge in [0.15, 0.2) is 0 Å². The second kappa shape index (κ2) is 9.53. The number of hydrogen-bond acceptors (Lipinski definition) is 2. The van der Waals surface area contributed by atoms with E-state index in [2.05, 4.69) is 24.8 Å². The van der Waals surface area contributed by atoms with Gasteiger partial charge in [0.25, 0.3) is 0 Å². The van der Waals surface area contributed by atoms with Gasteiger partial charge in [-0.25, -0.2) is 0 Å². The summed E-state index contributed by atoms with van der Waals surface area (Å²) in [5.74, 6) is 0. The maximum Gasteiger partial charge on any atom is -0.00922 e. The van der Waals surface area contributed by atoms with E-state index in [0.29, 0.717) is 0 Å². The van der Waals surface area contributed by atoms with Crippen molar-refractivity contribution in [1.29, 1.82) is 0 Å². The van der Waals surface area contributed by atoms with Gasteiger partial charge in [-0.2, -0.15) is 0 Å². The molecule has 0 saturated carbocycles. The molecule has 0 atom stereocenters. The van der Waals surface area contributed by atoms with E-state index in [1.807, 2.05) is 23.5 Å². The third kappa shape index (κ3) is 7.11. The zero-order valence-electron chi connectivity index (χ0n) is 8.43. The van der Waals surface area contributed by atoms with Crippen molar-refractivity contribution in [2.75, 3.05) is 12.5 Å². The molecule has 0 fully saturated rings. The first kappa shape index (κ1) is 12.4. The van der Waals surface area contributed by atoms with Gasteiger partial charge in [-0.05, 0) is 35.7 Å². The summed E-state index contributed by atoms with van der Waals surface area (Å²) in [5.41, 5.74) is 0. The lowest BCUT2D eigenvalue weighted by molar-refractivity contribution is 0.672. The topological polar surface area (TPSA) is 0 Å². The molecule has 0 heterocycles. The standard InChI is InChI=1S/C10H20S2/c1-4-5-6-7-8-10(12-3)9-11-2/h9H,4-8H2,1-3H3/b10-9-. The first-order valence-electron chi connectivity index (χ1n) is 4.61. The molecule has 0 radical (unpaired) electrons. The molecule has 0 aliphatic rings. The van der Waals surface area contributed by atoms with Crippen LogP contribution in [0.3, 0.4) is 0 Å². The number of thioether (sulfide) groups is 2. The summed E-state index contributed by atoms with van der Waals surface area (Å²) >= 11 is 3.71. The normalized spacial score (nSPS) is 12.1. The third-order valence-corrected chi connectivity index (χ3v) is 3.30. The van der Waals surface area contributed by atoms with Crippen LogP contribution in [-0.2, 0) is 0 Å². The Morgan fingerprint density at radius 2 is 1.92 bits per heavy atom. The van der Waals surface area contributed by atoms with E-state index in [4.69, 9.17) is 0 Å². The van der Waals surface area contributed by atoms with E-state index >= 15 is 0 Å². The van der Waals surface area contributed by atoms with Crippen molar-refractivity contribution >= 4 is 23.5 Å². The Labute approximate surface area is 85.6 Å². The lowest BCUT2D eigenvalue weighted by Crippen LogP contribution is -1.79.